The van der Waals surface area contributed by atoms with Crippen LogP contribution in [0.1, 0.15) is 59.8 Å². The monoisotopic (exact) mass is 227 g/mol. The van der Waals surface area contributed by atoms with Crippen LogP contribution in [-0.4, -0.2) is 24.8 Å². The van der Waals surface area contributed by atoms with Gasteiger partial charge in [0.1, 0.15) is 0 Å². The topological polar surface area (TPSA) is 21.3 Å². The van der Waals surface area contributed by atoms with Crippen molar-refractivity contribution in [2.24, 2.45) is 5.92 Å². The predicted molar refractivity (Wildman–Crippen MR) is 69.7 cm³/mol. The van der Waals surface area contributed by atoms with Crippen LogP contribution in [0.3, 0.4) is 0 Å². The average molecular weight is 227 g/mol. The maximum absolute atomic E-state index is 5.86. The van der Waals surface area contributed by atoms with Crippen molar-refractivity contribution in [3.63, 3.8) is 0 Å². The Kier molecular flexibility index (Phi) is 6.37. The third-order valence-electron chi connectivity index (χ3n) is 3.59. The Labute approximate surface area is 101 Å². The maximum atomic E-state index is 5.86. The minimum Gasteiger partial charge on any atom is -0.376 e. The van der Waals surface area contributed by atoms with Gasteiger partial charge in [-0.1, -0.05) is 20.3 Å². The molecular weight excluding hydrogens is 198 g/mol. The predicted octanol–water partition coefficient (Wildman–Crippen LogP) is 3.36. The molecule has 16 heavy (non-hydrogen) atoms. The fraction of sp³-hybridized carbons (Fsp3) is 1.00. The Morgan fingerprint density at radius 3 is 2.25 bits per heavy atom. The third-order valence-corrected chi connectivity index (χ3v) is 3.59. The van der Waals surface area contributed by atoms with Gasteiger partial charge in [0.25, 0.3) is 0 Å². The lowest BCUT2D eigenvalue weighted by Gasteiger charge is -2.31. The summed E-state index contributed by atoms with van der Waals surface area (Å²) in [6.07, 6.45) is 7.21. The van der Waals surface area contributed by atoms with Crippen LogP contribution < -0.4 is 5.32 Å². The van der Waals surface area contributed by atoms with Crippen LogP contribution in [0.2, 0.25) is 0 Å². The highest BCUT2D eigenvalue weighted by atomic mass is 16.5. The molecule has 1 rings (SSSR count). The summed E-state index contributed by atoms with van der Waals surface area (Å²) in [5.41, 5.74) is 0. The van der Waals surface area contributed by atoms with Gasteiger partial charge in [0.05, 0.1) is 12.2 Å². The molecule has 0 radical (unpaired) electrons. The largest absolute Gasteiger partial charge is 0.376 e. The molecule has 1 atom stereocenters. The van der Waals surface area contributed by atoms with Gasteiger partial charge < -0.3 is 10.1 Å². The zero-order chi connectivity index (χ0) is 12.0. The molecule has 0 spiro atoms. The van der Waals surface area contributed by atoms with E-state index in [1.807, 2.05) is 0 Å². The smallest absolute Gasteiger partial charge is 0.0579 e. The molecule has 0 aromatic carbocycles. The first-order chi connectivity index (χ1) is 7.61. The minimum absolute atomic E-state index is 0.384. The van der Waals surface area contributed by atoms with Crippen LogP contribution >= 0.6 is 0 Å². The fourth-order valence-electron chi connectivity index (χ4n) is 2.30. The molecule has 2 heteroatoms. The van der Waals surface area contributed by atoms with Gasteiger partial charge in [-0.05, 0) is 52.0 Å². The molecule has 0 bridgehead atoms. The Hall–Kier alpha value is -0.0800. The highest BCUT2D eigenvalue weighted by Gasteiger charge is 2.21. The second-order valence-corrected chi connectivity index (χ2v) is 5.58. The van der Waals surface area contributed by atoms with E-state index in [1.165, 1.54) is 38.6 Å². The second kappa shape index (κ2) is 7.29. The first-order valence-electron chi connectivity index (χ1n) is 7.00. The minimum atomic E-state index is 0.384. The van der Waals surface area contributed by atoms with E-state index in [9.17, 15) is 0 Å². The first-order valence-corrected chi connectivity index (χ1v) is 7.00. The lowest BCUT2D eigenvalue weighted by atomic mass is 9.92. The van der Waals surface area contributed by atoms with Crippen molar-refractivity contribution in [3.05, 3.63) is 0 Å². The molecule has 1 aliphatic rings. The molecule has 0 saturated heterocycles. The van der Waals surface area contributed by atoms with Gasteiger partial charge >= 0.3 is 0 Å². The van der Waals surface area contributed by atoms with E-state index in [0.717, 1.165) is 12.0 Å². The van der Waals surface area contributed by atoms with Gasteiger partial charge in [-0.3, -0.25) is 0 Å². The van der Waals surface area contributed by atoms with E-state index in [0.29, 0.717) is 12.2 Å². The lowest BCUT2D eigenvalue weighted by molar-refractivity contribution is -0.0163. The number of nitrogens with one attached hydrogen (secondary N) is 1. The van der Waals surface area contributed by atoms with Crippen molar-refractivity contribution in [2.75, 3.05) is 6.54 Å². The van der Waals surface area contributed by atoms with E-state index < -0.39 is 0 Å². The van der Waals surface area contributed by atoms with Gasteiger partial charge in [0.15, 0.2) is 0 Å². The molecule has 0 amide bonds. The van der Waals surface area contributed by atoms with Crippen LogP contribution in [0.5, 0.6) is 0 Å². The fourth-order valence-corrected chi connectivity index (χ4v) is 2.30. The first kappa shape index (κ1) is 14.0. The summed E-state index contributed by atoms with van der Waals surface area (Å²) in [5.74, 6) is 0.810. The zero-order valence-corrected chi connectivity index (χ0v) is 11.5. The highest BCUT2D eigenvalue weighted by Crippen LogP contribution is 2.22. The Balaban J connectivity index is 2.12. The van der Waals surface area contributed by atoms with Gasteiger partial charge in [0, 0.05) is 6.04 Å². The number of rotatable bonds is 6. The van der Waals surface area contributed by atoms with Crippen molar-refractivity contribution in [2.45, 2.75) is 78.0 Å². The Morgan fingerprint density at radius 2 is 1.75 bits per heavy atom. The summed E-state index contributed by atoms with van der Waals surface area (Å²) in [6.45, 7) is 10.0. The van der Waals surface area contributed by atoms with Gasteiger partial charge in [-0.25, -0.2) is 0 Å². The van der Waals surface area contributed by atoms with Crippen LogP contribution in [-0.2, 0) is 4.74 Å². The summed E-state index contributed by atoms with van der Waals surface area (Å²) in [7, 11) is 0. The maximum Gasteiger partial charge on any atom is 0.0579 e. The molecule has 1 saturated carbocycles. The third kappa shape index (κ3) is 5.31. The van der Waals surface area contributed by atoms with E-state index in [2.05, 4.69) is 33.0 Å². The highest BCUT2D eigenvalue weighted by molar-refractivity contribution is 4.78. The van der Waals surface area contributed by atoms with Crippen LogP contribution in [0.25, 0.3) is 0 Å². The second-order valence-electron chi connectivity index (χ2n) is 5.58. The Morgan fingerprint density at radius 1 is 1.12 bits per heavy atom. The molecule has 0 aliphatic heterocycles. The molecule has 1 N–H and O–H groups in total. The van der Waals surface area contributed by atoms with Gasteiger partial charge in [-0.2, -0.15) is 0 Å². The molecule has 0 aromatic heterocycles. The van der Waals surface area contributed by atoms with Crippen molar-refractivity contribution in [1.29, 1.82) is 0 Å². The van der Waals surface area contributed by atoms with Crippen LogP contribution in [0.4, 0.5) is 0 Å². The molecule has 1 unspecified atom stereocenters. The van der Waals surface area contributed by atoms with E-state index in [-0.39, 0.29) is 0 Å². The molecule has 96 valence electrons. The summed E-state index contributed by atoms with van der Waals surface area (Å²) < 4.78 is 5.86. The van der Waals surface area contributed by atoms with Crippen molar-refractivity contribution in [3.8, 4) is 0 Å². The summed E-state index contributed by atoms with van der Waals surface area (Å²) in [6, 6.07) is 0.737. The van der Waals surface area contributed by atoms with E-state index in [1.54, 1.807) is 0 Å². The van der Waals surface area contributed by atoms with Gasteiger partial charge in [-0.15, -0.1) is 0 Å². The van der Waals surface area contributed by atoms with Gasteiger partial charge in [0.2, 0.25) is 0 Å². The molecule has 2 nitrogen and oxygen atoms in total. The zero-order valence-electron chi connectivity index (χ0n) is 11.5. The lowest BCUT2D eigenvalue weighted by Crippen LogP contribution is -2.38. The number of hydrogen-bond donors (Lipinski definition) is 1. The Bertz CT molecular complexity index is 174. The van der Waals surface area contributed by atoms with Crippen molar-refractivity contribution >= 4 is 0 Å². The molecule has 1 fully saturated rings. The standard InChI is InChI=1S/C14H29NO/c1-5-12(4)10-15-13-6-8-14(9-7-13)16-11(2)3/h11-15H,5-10H2,1-4H3. The normalized spacial score (nSPS) is 28.3. The SMILES string of the molecule is CCC(C)CNC1CCC(OC(C)C)CC1. The molecule has 0 heterocycles. The summed E-state index contributed by atoms with van der Waals surface area (Å²) in [4.78, 5) is 0. The van der Waals surface area contributed by atoms with Crippen LogP contribution in [0, 0.1) is 5.92 Å². The summed E-state index contributed by atoms with van der Waals surface area (Å²) >= 11 is 0. The van der Waals surface area contributed by atoms with Crippen molar-refractivity contribution in [1.82, 2.24) is 5.32 Å². The number of hydrogen-bond acceptors (Lipinski definition) is 2. The quantitative estimate of drug-likeness (QED) is 0.751. The van der Waals surface area contributed by atoms with E-state index >= 15 is 0 Å². The summed E-state index contributed by atoms with van der Waals surface area (Å²) in [5, 5.41) is 3.69. The number of ether oxygens (including phenoxy) is 1. The molecular formula is C14H29NO. The van der Waals surface area contributed by atoms with Crippen LogP contribution in [0.15, 0.2) is 0 Å². The van der Waals surface area contributed by atoms with Crippen molar-refractivity contribution < 1.29 is 4.74 Å². The molecule has 1 aliphatic carbocycles. The average Bonchev–Trinajstić information content (AvgIpc) is 2.27. The molecule has 0 aromatic rings. The van der Waals surface area contributed by atoms with E-state index in [4.69, 9.17) is 4.74 Å².